The highest BCUT2D eigenvalue weighted by Gasteiger charge is 2.22. The van der Waals surface area contributed by atoms with Crippen LogP contribution in [0.5, 0.6) is 0 Å². The summed E-state index contributed by atoms with van der Waals surface area (Å²) in [6, 6.07) is 0. The highest BCUT2D eigenvalue weighted by molar-refractivity contribution is 5.12. The van der Waals surface area contributed by atoms with Crippen molar-refractivity contribution in [2.24, 2.45) is 0 Å². The molecule has 0 aromatic carbocycles. The van der Waals surface area contributed by atoms with Gasteiger partial charge in [-0.1, -0.05) is 6.08 Å². The van der Waals surface area contributed by atoms with Crippen LogP contribution in [0.2, 0.25) is 0 Å². The lowest BCUT2D eigenvalue weighted by Crippen LogP contribution is -2.29. The van der Waals surface area contributed by atoms with Crippen LogP contribution < -0.4 is 0 Å². The molecule has 0 spiro atoms. The van der Waals surface area contributed by atoms with Gasteiger partial charge in [0.1, 0.15) is 0 Å². The van der Waals surface area contributed by atoms with Crippen molar-refractivity contribution < 1.29 is 4.74 Å². The van der Waals surface area contributed by atoms with E-state index >= 15 is 0 Å². The summed E-state index contributed by atoms with van der Waals surface area (Å²) in [5, 5.41) is 0. The highest BCUT2D eigenvalue weighted by atomic mass is 16.5. The first-order valence-electron chi connectivity index (χ1n) is 4.27. The molecule has 0 bridgehead atoms. The Bertz CT molecular complexity index is 145. The summed E-state index contributed by atoms with van der Waals surface area (Å²) in [5.41, 5.74) is 1.58. The minimum Gasteiger partial charge on any atom is -0.374 e. The predicted molar refractivity (Wildman–Crippen MR) is 40.9 cm³/mol. The van der Waals surface area contributed by atoms with Gasteiger partial charge in [0.25, 0.3) is 0 Å². The summed E-state index contributed by atoms with van der Waals surface area (Å²) in [5.74, 6) is 0. The van der Waals surface area contributed by atoms with Gasteiger partial charge in [0.15, 0.2) is 0 Å². The van der Waals surface area contributed by atoms with E-state index in [0.717, 1.165) is 6.61 Å². The van der Waals surface area contributed by atoms with Gasteiger partial charge in [-0.15, -0.1) is 0 Å². The number of rotatable bonds is 1. The molecule has 0 amide bonds. The molecule has 1 fully saturated rings. The normalized spacial score (nSPS) is 32.8. The van der Waals surface area contributed by atoms with Gasteiger partial charge in [-0.2, -0.15) is 0 Å². The van der Waals surface area contributed by atoms with Crippen molar-refractivity contribution in [2.45, 2.75) is 38.2 Å². The third-order valence-corrected chi connectivity index (χ3v) is 2.44. The Morgan fingerprint density at radius 1 is 1.40 bits per heavy atom. The molecule has 0 aromatic rings. The number of allylic oxidation sites excluding steroid dienone is 1. The second kappa shape index (κ2) is 2.75. The summed E-state index contributed by atoms with van der Waals surface area (Å²) in [7, 11) is 0. The third-order valence-electron chi connectivity index (χ3n) is 2.44. The van der Waals surface area contributed by atoms with E-state index in [-0.39, 0.29) is 0 Å². The van der Waals surface area contributed by atoms with Crippen LogP contribution in [0.25, 0.3) is 0 Å². The Hall–Kier alpha value is -0.300. The maximum atomic E-state index is 5.40. The molecule has 1 aliphatic heterocycles. The molecule has 1 aliphatic carbocycles. The number of hydrogen-bond donors (Lipinski definition) is 0. The molecule has 1 atom stereocenters. The maximum absolute atomic E-state index is 5.40. The smallest absolute Gasteiger partial charge is 0.0806 e. The third kappa shape index (κ3) is 1.10. The average Bonchev–Trinajstić information content (AvgIpc) is 1.86. The standard InChI is InChI=1S/C9H14O/c1-2-4-8(5-3-1)9-6-7-10-9/h4,9H,1-3,5-7H2. The first kappa shape index (κ1) is 6.41. The lowest BCUT2D eigenvalue weighted by molar-refractivity contribution is -0.0286. The van der Waals surface area contributed by atoms with Crippen LogP contribution in [0.3, 0.4) is 0 Å². The fourth-order valence-electron chi connectivity index (χ4n) is 1.68. The fourth-order valence-corrected chi connectivity index (χ4v) is 1.68. The quantitative estimate of drug-likeness (QED) is 0.505. The van der Waals surface area contributed by atoms with Crippen molar-refractivity contribution in [1.82, 2.24) is 0 Å². The van der Waals surface area contributed by atoms with Gasteiger partial charge >= 0.3 is 0 Å². The molecular formula is C9H14O. The monoisotopic (exact) mass is 138 g/mol. The number of hydrogen-bond acceptors (Lipinski definition) is 1. The SMILES string of the molecule is C1=C(C2CCO2)CCCC1. The molecule has 0 radical (unpaired) electrons. The minimum atomic E-state index is 0.528. The summed E-state index contributed by atoms with van der Waals surface area (Å²) in [6.45, 7) is 0.988. The Balaban J connectivity index is 1.94. The van der Waals surface area contributed by atoms with Crippen molar-refractivity contribution >= 4 is 0 Å². The van der Waals surface area contributed by atoms with Gasteiger partial charge in [0, 0.05) is 6.42 Å². The second-order valence-corrected chi connectivity index (χ2v) is 3.17. The second-order valence-electron chi connectivity index (χ2n) is 3.17. The van der Waals surface area contributed by atoms with Crippen LogP contribution in [-0.2, 0) is 4.74 Å². The zero-order valence-corrected chi connectivity index (χ0v) is 6.31. The van der Waals surface area contributed by atoms with Crippen LogP contribution in [0.15, 0.2) is 11.6 Å². The Morgan fingerprint density at radius 2 is 2.30 bits per heavy atom. The summed E-state index contributed by atoms with van der Waals surface area (Å²) >= 11 is 0. The zero-order chi connectivity index (χ0) is 6.81. The lowest BCUT2D eigenvalue weighted by atomic mass is 9.92. The van der Waals surface area contributed by atoms with Crippen LogP contribution in [0, 0.1) is 0 Å². The van der Waals surface area contributed by atoms with Gasteiger partial charge in [-0.3, -0.25) is 0 Å². The van der Waals surface area contributed by atoms with Crippen molar-refractivity contribution in [3.8, 4) is 0 Å². The van der Waals surface area contributed by atoms with Gasteiger partial charge in [0.05, 0.1) is 12.7 Å². The molecular weight excluding hydrogens is 124 g/mol. The van der Waals surface area contributed by atoms with Crippen molar-refractivity contribution in [3.05, 3.63) is 11.6 Å². The van der Waals surface area contributed by atoms with E-state index in [0.29, 0.717) is 6.10 Å². The van der Waals surface area contributed by atoms with Crippen LogP contribution >= 0.6 is 0 Å². The van der Waals surface area contributed by atoms with E-state index in [9.17, 15) is 0 Å². The van der Waals surface area contributed by atoms with Gasteiger partial charge in [-0.25, -0.2) is 0 Å². The van der Waals surface area contributed by atoms with Crippen molar-refractivity contribution in [3.63, 3.8) is 0 Å². The Labute approximate surface area is 62.1 Å². The van der Waals surface area contributed by atoms with E-state index in [1.54, 1.807) is 5.57 Å². The van der Waals surface area contributed by atoms with Crippen LogP contribution in [0.1, 0.15) is 32.1 Å². The summed E-state index contributed by atoms with van der Waals surface area (Å²) < 4.78 is 5.40. The predicted octanol–water partition coefficient (Wildman–Crippen LogP) is 2.28. The fraction of sp³-hybridized carbons (Fsp3) is 0.778. The van der Waals surface area contributed by atoms with Gasteiger partial charge in [-0.05, 0) is 31.3 Å². The molecule has 1 heteroatoms. The molecule has 56 valence electrons. The zero-order valence-electron chi connectivity index (χ0n) is 6.31. The maximum Gasteiger partial charge on any atom is 0.0806 e. The minimum absolute atomic E-state index is 0.528. The van der Waals surface area contributed by atoms with E-state index in [2.05, 4.69) is 6.08 Å². The van der Waals surface area contributed by atoms with E-state index in [1.165, 1.54) is 32.1 Å². The van der Waals surface area contributed by atoms with Crippen LogP contribution in [0.4, 0.5) is 0 Å². The Morgan fingerprint density at radius 3 is 2.80 bits per heavy atom. The molecule has 1 saturated heterocycles. The highest BCUT2D eigenvalue weighted by Crippen LogP contribution is 2.27. The van der Waals surface area contributed by atoms with Gasteiger partial charge in [0.2, 0.25) is 0 Å². The molecule has 2 aliphatic rings. The summed E-state index contributed by atoms with van der Waals surface area (Å²) in [6.07, 6.45) is 9.53. The molecule has 0 saturated carbocycles. The van der Waals surface area contributed by atoms with Crippen molar-refractivity contribution in [2.75, 3.05) is 6.61 Å². The topological polar surface area (TPSA) is 9.23 Å². The van der Waals surface area contributed by atoms with Crippen molar-refractivity contribution in [1.29, 1.82) is 0 Å². The largest absolute Gasteiger partial charge is 0.374 e. The van der Waals surface area contributed by atoms with E-state index < -0.39 is 0 Å². The first-order chi connectivity index (χ1) is 4.97. The Kier molecular flexibility index (Phi) is 1.76. The van der Waals surface area contributed by atoms with Gasteiger partial charge < -0.3 is 4.74 Å². The molecule has 0 aromatic heterocycles. The first-order valence-corrected chi connectivity index (χ1v) is 4.27. The molecule has 10 heavy (non-hydrogen) atoms. The molecule has 1 nitrogen and oxygen atoms in total. The number of ether oxygens (including phenoxy) is 1. The van der Waals surface area contributed by atoms with E-state index in [4.69, 9.17) is 4.74 Å². The summed E-state index contributed by atoms with van der Waals surface area (Å²) in [4.78, 5) is 0. The average molecular weight is 138 g/mol. The van der Waals surface area contributed by atoms with E-state index in [1.807, 2.05) is 0 Å². The molecule has 1 unspecified atom stereocenters. The molecule has 2 rings (SSSR count). The molecule has 1 heterocycles. The molecule has 0 N–H and O–H groups in total. The lowest BCUT2D eigenvalue weighted by Gasteiger charge is -2.30. The van der Waals surface area contributed by atoms with Crippen LogP contribution in [-0.4, -0.2) is 12.7 Å².